The molecule has 0 aliphatic rings. The van der Waals surface area contributed by atoms with Crippen LogP contribution in [0.2, 0.25) is 0 Å². The van der Waals surface area contributed by atoms with Crippen LogP contribution in [0.5, 0.6) is 0 Å². The zero-order chi connectivity index (χ0) is 81.2. The van der Waals surface area contributed by atoms with Crippen LogP contribution in [0.1, 0.15) is 232 Å². The summed E-state index contributed by atoms with van der Waals surface area (Å²) in [5.74, 6) is -2.52. The van der Waals surface area contributed by atoms with Gasteiger partial charge in [-0.15, -0.1) is 20.4 Å². The van der Waals surface area contributed by atoms with Crippen LogP contribution < -0.4 is 10.6 Å². The van der Waals surface area contributed by atoms with Crippen molar-refractivity contribution < 1.29 is 71.8 Å². The predicted octanol–water partition coefficient (Wildman–Crippen LogP) is 9.98. The first-order chi connectivity index (χ1) is 50.4. The molecule has 0 aliphatic carbocycles. The monoisotopic (exact) mass is 1520 g/mol. The van der Waals surface area contributed by atoms with Gasteiger partial charge in [0.05, 0.1) is 112 Å². The highest BCUT2D eigenvalue weighted by Gasteiger charge is 2.66. The number of carbonyl (C=O) groups excluding carboxylic acids is 6. The molecule has 0 saturated carbocycles. The second-order valence-corrected chi connectivity index (χ2v) is 34.5. The first-order valence-corrected chi connectivity index (χ1v) is 38.7. The quantitative estimate of drug-likeness (QED) is 0.0210. The molecule has 0 bridgehead atoms. The van der Waals surface area contributed by atoms with E-state index < -0.39 is 84.1 Å². The van der Waals surface area contributed by atoms with Crippen molar-refractivity contribution in [1.82, 2.24) is 75.5 Å². The molecule has 0 fully saturated rings. The lowest BCUT2D eigenvalue weighted by molar-refractivity contribution is -0.195. The number of unbranched alkanes of at least 4 members (excludes halogenated alkanes) is 1. The van der Waals surface area contributed by atoms with Crippen molar-refractivity contribution >= 4 is 35.7 Å². The smallest absolute Gasteiger partial charge is 0.312 e. The highest BCUT2D eigenvalue weighted by Crippen LogP contribution is 2.66. The third-order valence-corrected chi connectivity index (χ3v) is 23.6. The lowest BCUT2D eigenvalue weighted by Gasteiger charge is -2.59. The summed E-state index contributed by atoms with van der Waals surface area (Å²) in [6.07, 6.45) is 9.73. The van der Waals surface area contributed by atoms with Crippen molar-refractivity contribution in [3.05, 3.63) is 47.6 Å². The first kappa shape index (κ1) is 93.5. The predicted molar refractivity (Wildman–Crippen MR) is 407 cm³/mol. The topological polar surface area (TPSA) is 347 Å². The van der Waals surface area contributed by atoms with E-state index in [0.29, 0.717) is 114 Å². The summed E-state index contributed by atoms with van der Waals surface area (Å²) in [7, 11) is 5.41. The number of amides is 2. The van der Waals surface area contributed by atoms with Crippen LogP contribution in [0.3, 0.4) is 0 Å². The van der Waals surface area contributed by atoms with Gasteiger partial charge in [0.15, 0.2) is 0 Å². The van der Waals surface area contributed by atoms with Gasteiger partial charge < -0.3 is 58.5 Å². The normalized spacial score (nSPS) is 16.1. The number of methoxy groups -OCH3 is 1. The Balaban J connectivity index is 1.95. The number of hydrogen-bond acceptors (Lipinski definition) is 24. The second kappa shape index (κ2) is 41.4. The third-order valence-electron chi connectivity index (χ3n) is 23.6. The van der Waals surface area contributed by atoms with Crippen molar-refractivity contribution in [3.8, 4) is 0 Å². The molecule has 2 amide bonds. The zero-order valence-corrected chi connectivity index (χ0v) is 70.2. The average Bonchev–Trinajstić information content (AvgIpc) is 0.750. The average molecular weight is 1530 g/mol. The van der Waals surface area contributed by atoms with Crippen LogP contribution in [0, 0.1) is 60.1 Å². The number of esters is 4. The fourth-order valence-corrected chi connectivity index (χ4v) is 13.9. The van der Waals surface area contributed by atoms with Gasteiger partial charge in [-0.1, -0.05) is 144 Å². The van der Waals surface area contributed by atoms with Crippen molar-refractivity contribution in [1.29, 1.82) is 0 Å². The second-order valence-electron chi connectivity index (χ2n) is 34.5. The van der Waals surface area contributed by atoms with E-state index >= 15 is 19.2 Å². The Morgan fingerprint density at radius 2 is 0.907 bits per heavy atom. The summed E-state index contributed by atoms with van der Waals surface area (Å²) in [6.45, 7) is 45.3. The van der Waals surface area contributed by atoms with E-state index in [2.05, 4.69) is 79.6 Å². The number of carbonyl (C=O) groups is 6. The van der Waals surface area contributed by atoms with Crippen LogP contribution in [-0.2, 0) is 119 Å². The van der Waals surface area contributed by atoms with Crippen LogP contribution in [0.4, 0.5) is 0 Å². The van der Waals surface area contributed by atoms with E-state index in [4.69, 9.17) is 37.9 Å². The van der Waals surface area contributed by atoms with E-state index in [9.17, 15) is 14.7 Å². The summed E-state index contributed by atoms with van der Waals surface area (Å²) in [5.41, 5.74) is -11.2. The molecule has 3 N–H and O–H groups in total. The molecule has 7 atom stereocenters. The molecule has 7 unspecified atom stereocenters. The Kier molecular flexibility index (Phi) is 35.9. The zero-order valence-electron chi connectivity index (χ0n) is 70.2. The maximum atomic E-state index is 16.3. The van der Waals surface area contributed by atoms with E-state index in [-0.39, 0.29) is 90.0 Å². The fraction of sp³-hybridized carbons (Fsp3) is 0.821. The molecule has 4 rings (SSSR count). The number of aryl methyl sites for hydroxylation is 2. The summed E-state index contributed by atoms with van der Waals surface area (Å²) in [6, 6.07) is 0. The Hall–Kier alpha value is -6.86. The van der Waals surface area contributed by atoms with Crippen LogP contribution >= 0.6 is 0 Å². The van der Waals surface area contributed by atoms with E-state index in [1.807, 2.05) is 109 Å². The number of nitrogens with zero attached hydrogens (tertiary/aromatic N) is 13. The molecule has 0 saturated heterocycles. The summed E-state index contributed by atoms with van der Waals surface area (Å²) < 4.78 is 54.3. The number of hydrogen-bond donors (Lipinski definition) is 3. The lowest BCUT2D eigenvalue weighted by Crippen LogP contribution is -2.59. The largest absolute Gasteiger partial charge is 0.459 e. The van der Waals surface area contributed by atoms with Gasteiger partial charge in [-0.05, 0) is 127 Å². The number of ether oxygens (including phenoxy) is 8. The van der Waals surface area contributed by atoms with Crippen molar-refractivity contribution in [2.24, 2.45) is 60.1 Å². The highest BCUT2D eigenvalue weighted by molar-refractivity contribution is 5.85. The molecule has 30 heteroatoms. The van der Waals surface area contributed by atoms with Gasteiger partial charge in [0.25, 0.3) is 0 Å². The van der Waals surface area contributed by atoms with Crippen LogP contribution in [-0.4, -0.2) is 199 Å². The Labute approximate surface area is 643 Å². The van der Waals surface area contributed by atoms with Crippen molar-refractivity contribution in [3.63, 3.8) is 0 Å². The highest BCUT2D eigenvalue weighted by atomic mass is 16.6. The molecule has 0 spiro atoms. The molecule has 614 valence electrons. The van der Waals surface area contributed by atoms with Gasteiger partial charge in [-0.25, -0.2) is 4.68 Å². The molecule has 0 radical (unpaired) electrons. The minimum absolute atomic E-state index is 0.0371. The Morgan fingerprint density at radius 3 is 1.32 bits per heavy atom. The SMILES string of the molecule is CCCCn1cc(COC(=O)C(C)(CC(C)(CC)C(C)(C)C(C)(CC(C)(C)C(C)(CC(C)(C)C(C)(CC(C)(CC)C(=O)NCC(C)O)C(=O)OCc2cn(CCC(C)C)nn2)C(=O)OCc2cn(CCOCCOCCOCCOC)nn2)C(=O)OCc2cn(CCNC(=O)CCN(C)C)nn2)C(C)(C)C)nn1. The molecule has 0 aliphatic heterocycles. The van der Waals surface area contributed by atoms with Gasteiger partial charge in [-0.2, -0.15) is 0 Å². The summed E-state index contributed by atoms with van der Waals surface area (Å²) in [5, 5.41) is 51.0. The minimum atomic E-state index is -1.68. The van der Waals surface area contributed by atoms with Gasteiger partial charge in [0.2, 0.25) is 11.8 Å². The van der Waals surface area contributed by atoms with Gasteiger partial charge in [0.1, 0.15) is 49.2 Å². The molecule has 0 aromatic carbocycles. The maximum absolute atomic E-state index is 16.3. The number of aromatic nitrogens is 12. The number of nitrogens with one attached hydrogen (secondary N) is 2. The summed E-state index contributed by atoms with van der Waals surface area (Å²) in [4.78, 5) is 92.8. The molecular weight excluding hydrogens is 1390 g/mol. The third kappa shape index (κ3) is 25.9. The Morgan fingerprint density at radius 1 is 0.500 bits per heavy atom. The van der Waals surface area contributed by atoms with Crippen molar-refractivity contribution in [2.45, 2.75) is 268 Å². The van der Waals surface area contributed by atoms with E-state index in [1.54, 1.807) is 78.3 Å². The number of rotatable bonds is 53. The molecule has 108 heavy (non-hydrogen) atoms. The van der Waals surface area contributed by atoms with Crippen LogP contribution in [0.15, 0.2) is 24.8 Å². The summed E-state index contributed by atoms with van der Waals surface area (Å²) >= 11 is 0. The lowest BCUT2D eigenvalue weighted by atomic mass is 9.43. The number of aliphatic hydroxyl groups is 1. The number of aliphatic hydroxyl groups excluding tert-OH is 1. The fourth-order valence-electron chi connectivity index (χ4n) is 13.9. The van der Waals surface area contributed by atoms with Crippen molar-refractivity contribution in [2.75, 3.05) is 87.1 Å². The van der Waals surface area contributed by atoms with Gasteiger partial charge >= 0.3 is 23.9 Å². The van der Waals surface area contributed by atoms with E-state index in [0.717, 1.165) is 19.3 Å². The minimum Gasteiger partial charge on any atom is -0.459 e. The standard InChI is InChI=1S/C78H137N15O15/c1-25-28-32-90-45-59(81-85-90)49-105-65(97)75(18,69(7,8)9)56-74(17,27-3)72(14,15)78(21,68(100)108-52-61-47-92(87-83-61)35-31-79-63(95)30-33-89(22)23)54-71(12,13)76(19,66(98)106-51-62-48-93(88-84-62)36-37-102-40-41-104-43-42-103-39-38-101-24)53-70(10,11)77(20,55-73(16,26-2)64(96)80-44-58(6)94)67(99)107-50-60-46-91(86-82-60)34-29-57(4)5/h45-48,57-58,94H,25-44,49-56H2,1-24H3,(H,79,95)(H,80,96). The molecular formula is C78H137N15O15. The molecule has 4 aromatic heterocycles. The van der Waals surface area contributed by atoms with Gasteiger partial charge in [-0.3, -0.25) is 42.8 Å². The molecule has 4 aromatic rings. The maximum Gasteiger partial charge on any atom is 0.312 e. The van der Waals surface area contributed by atoms with Crippen LogP contribution in [0.25, 0.3) is 0 Å². The molecule has 4 heterocycles. The van der Waals surface area contributed by atoms with E-state index in [1.165, 1.54) is 0 Å². The molecule has 30 nitrogen and oxygen atoms in total. The first-order valence-electron chi connectivity index (χ1n) is 38.7. The Bertz CT molecular complexity index is 3430. The van der Waals surface area contributed by atoms with Gasteiger partial charge in [0, 0.05) is 51.7 Å².